The second-order valence-electron chi connectivity index (χ2n) is 9.76. The predicted molar refractivity (Wildman–Crippen MR) is 134 cm³/mol. The maximum atomic E-state index is 12.9. The van der Waals surface area contributed by atoms with Crippen molar-refractivity contribution in [1.82, 2.24) is 10.6 Å². The van der Waals surface area contributed by atoms with Gasteiger partial charge < -0.3 is 20.5 Å². The van der Waals surface area contributed by atoms with Crippen molar-refractivity contribution in [2.24, 2.45) is 11.8 Å². The van der Waals surface area contributed by atoms with E-state index in [9.17, 15) is 14.4 Å². The molecule has 2 aromatic carbocycles. The molecule has 0 bridgehead atoms. The van der Waals surface area contributed by atoms with Crippen molar-refractivity contribution in [2.75, 3.05) is 24.7 Å². The summed E-state index contributed by atoms with van der Waals surface area (Å²) in [6.45, 7) is 0.598. The number of hydrogen-bond donors (Lipinski definition) is 3. The Kier molecular flexibility index (Phi) is 6.73. The van der Waals surface area contributed by atoms with Crippen LogP contribution in [0.1, 0.15) is 42.7 Å². The number of rotatable bonds is 8. The van der Waals surface area contributed by atoms with Gasteiger partial charge in [-0.15, -0.1) is 0 Å². The van der Waals surface area contributed by atoms with Crippen LogP contribution < -0.4 is 10.6 Å². The van der Waals surface area contributed by atoms with Crippen LogP contribution in [0.15, 0.2) is 48.5 Å². The minimum absolute atomic E-state index is 0.00408. The van der Waals surface area contributed by atoms with Gasteiger partial charge in [-0.2, -0.15) is 11.8 Å². The maximum absolute atomic E-state index is 12.9. The van der Waals surface area contributed by atoms with Gasteiger partial charge in [-0.05, 0) is 58.9 Å². The fourth-order valence-corrected chi connectivity index (χ4v) is 6.62. The fraction of sp³-hybridized carbons (Fsp3) is 0.444. The molecular weight excluding hydrogens is 464 g/mol. The number of alkyl carbamates (subject to hydrolysis) is 1. The molecule has 35 heavy (non-hydrogen) atoms. The number of carbonyl (C=O) groups is 3. The highest BCUT2D eigenvalue weighted by molar-refractivity contribution is 7.99. The van der Waals surface area contributed by atoms with E-state index in [0.717, 1.165) is 22.6 Å². The molecule has 0 radical (unpaired) electrons. The molecule has 1 saturated carbocycles. The van der Waals surface area contributed by atoms with Gasteiger partial charge in [-0.1, -0.05) is 48.5 Å². The van der Waals surface area contributed by atoms with E-state index >= 15 is 0 Å². The lowest BCUT2D eigenvalue weighted by molar-refractivity contribution is -0.139. The predicted octanol–water partition coefficient (Wildman–Crippen LogP) is 4.02. The average Bonchev–Trinajstić information content (AvgIpc) is 3.58. The van der Waals surface area contributed by atoms with E-state index in [4.69, 9.17) is 9.84 Å². The van der Waals surface area contributed by atoms with Crippen LogP contribution in [0.5, 0.6) is 0 Å². The summed E-state index contributed by atoms with van der Waals surface area (Å²) in [5.41, 5.74) is 4.02. The van der Waals surface area contributed by atoms with E-state index in [2.05, 4.69) is 34.9 Å². The van der Waals surface area contributed by atoms with Crippen molar-refractivity contribution < 1.29 is 24.2 Å². The van der Waals surface area contributed by atoms with Crippen molar-refractivity contribution in [2.45, 2.75) is 37.1 Å². The minimum atomic E-state index is -0.804. The van der Waals surface area contributed by atoms with Crippen molar-refractivity contribution in [3.8, 4) is 11.1 Å². The topological polar surface area (TPSA) is 105 Å². The Morgan fingerprint density at radius 1 is 1.00 bits per heavy atom. The van der Waals surface area contributed by atoms with E-state index in [0.29, 0.717) is 25.8 Å². The van der Waals surface area contributed by atoms with Gasteiger partial charge in [0.1, 0.15) is 6.61 Å². The number of carbonyl (C=O) groups excluding carboxylic acids is 2. The second-order valence-corrected chi connectivity index (χ2v) is 11.0. The second kappa shape index (κ2) is 9.93. The molecule has 1 heterocycles. The SMILES string of the molecule is O=C(CC1(NC(=O)OCC2c3ccccc3-c3ccccc32)CCSCC1)NCC1CC1C(=O)O. The third-order valence-corrected chi connectivity index (χ3v) is 8.45. The average molecular weight is 495 g/mol. The minimum Gasteiger partial charge on any atom is -0.481 e. The van der Waals surface area contributed by atoms with E-state index in [1.807, 2.05) is 36.0 Å². The lowest BCUT2D eigenvalue weighted by Gasteiger charge is -2.37. The molecule has 2 fully saturated rings. The molecule has 0 aromatic heterocycles. The third-order valence-electron chi connectivity index (χ3n) is 7.46. The lowest BCUT2D eigenvalue weighted by Crippen LogP contribution is -2.53. The molecule has 0 spiro atoms. The van der Waals surface area contributed by atoms with Crippen LogP contribution >= 0.6 is 11.8 Å². The van der Waals surface area contributed by atoms with Crippen LogP contribution in [-0.4, -0.2) is 53.3 Å². The Morgan fingerprint density at radius 3 is 2.23 bits per heavy atom. The normalized spacial score (nSPS) is 21.9. The van der Waals surface area contributed by atoms with Gasteiger partial charge in [0.15, 0.2) is 0 Å². The highest BCUT2D eigenvalue weighted by Crippen LogP contribution is 2.44. The first kappa shape index (κ1) is 23.7. The van der Waals surface area contributed by atoms with E-state index in [1.54, 1.807) is 0 Å². The summed E-state index contributed by atoms with van der Waals surface area (Å²) < 4.78 is 5.74. The number of nitrogens with one attached hydrogen (secondary N) is 2. The number of thioether (sulfide) groups is 1. The summed E-state index contributed by atoms with van der Waals surface area (Å²) in [5, 5.41) is 15.0. The van der Waals surface area contributed by atoms with Gasteiger partial charge in [-0.25, -0.2) is 4.79 Å². The van der Waals surface area contributed by atoms with Gasteiger partial charge in [0.05, 0.1) is 11.5 Å². The molecule has 3 N–H and O–H groups in total. The molecule has 2 atom stereocenters. The molecule has 2 aromatic rings. The number of fused-ring (bicyclic) bond motifs is 3. The number of amides is 2. The number of carboxylic acid groups (broad SMARTS) is 1. The van der Waals surface area contributed by atoms with Crippen LogP contribution in [-0.2, 0) is 14.3 Å². The Labute approximate surface area is 209 Å². The van der Waals surface area contributed by atoms with Gasteiger partial charge in [0.2, 0.25) is 5.91 Å². The summed E-state index contributed by atoms with van der Waals surface area (Å²) >= 11 is 1.81. The van der Waals surface area contributed by atoms with E-state index in [1.165, 1.54) is 11.1 Å². The Morgan fingerprint density at radius 2 is 1.63 bits per heavy atom. The molecule has 2 amide bonds. The van der Waals surface area contributed by atoms with Crippen LogP contribution in [0.2, 0.25) is 0 Å². The van der Waals surface area contributed by atoms with Crippen molar-refractivity contribution in [1.29, 1.82) is 0 Å². The quantitative estimate of drug-likeness (QED) is 0.512. The highest BCUT2D eigenvalue weighted by atomic mass is 32.2. The third kappa shape index (κ3) is 5.17. The molecule has 1 aliphatic heterocycles. The van der Waals surface area contributed by atoms with Crippen LogP contribution in [0, 0.1) is 11.8 Å². The number of benzene rings is 2. The fourth-order valence-electron chi connectivity index (χ4n) is 5.35. The first-order valence-corrected chi connectivity index (χ1v) is 13.3. The van der Waals surface area contributed by atoms with Gasteiger partial charge in [0.25, 0.3) is 0 Å². The van der Waals surface area contributed by atoms with Gasteiger partial charge >= 0.3 is 12.1 Å². The van der Waals surface area contributed by atoms with Crippen molar-refractivity contribution in [3.63, 3.8) is 0 Å². The molecule has 8 heteroatoms. The molecule has 2 aliphatic carbocycles. The van der Waals surface area contributed by atoms with Crippen LogP contribution in [0.4, 0.5) is 4.79 Å². The molecular formula is C27H30N2O5S. The maximum Gasteiger partial charge on any atom is 0.407 e. The summed E-state index contributed by atoms with van der Waals surface area (Å²) in [7, 11) is 0. The smallest absolute Gasteiger partial charge is 0.407 e. The van der Waals surface area contributed by atoms with Crippen molar-refractivity contribution in [3.05, 3.63) is 59.7 Å². The lowest BCUT2D eigenvalue weighted by atomic mass is 9.88. The standard InChI is InChI=1S/C27H30N2O5S/c30-24(28-15-17-13-22(17)25(31)32)14-27(9-11-35-12-10-27)29-26(33)34-16-23-20-7-3-1-5-18(20)19-6-2-4-8-21(19)23/h1-8,17,22-23H,9-16H2,(H,28,30)(H,29,33)(H,31,32). The highest BCUT2D eigenvalue weighted by Gasteiger charge is 2.43. The van der Waals surface area contributed by atoms with E-state index < -0.39 is 17.6 Å². The number of ether oxygens (including phenoxy) is 1. The molecule has 1 saturated heterocycles. The summed E-state index contributed by atoms with van der Waals surface area (Å²) in [4.78, 5) is 36.6. The summed E-state index contributed by atoms with van der Waals surface area (Å²) in [6, 6.07) is 16.4. The molecule has 5 rings (SSSR count). The zero-order chi connectivity index (χ0) is 24.4. The Bertz CT molecular complexity index is 1080. The van der Waals surface area contributed by atoms with Gasteiger partial charge in [0, 0.05) is 18.9 Å². The first-order valence-electron chi connectivity index (χ1n) is 12.2. The Hall–Kier alpha value is -3.00. The number of hydrogen-bond acceptors (Lipinski definition) is 5. The van der Waals surface area contributed by atoms with Crippen LogP contribution in [0.25, 0.3) is 11.1 Å². The number of carboxylic acids is 1. The molecule has 3 aliphatic rings. The molecule has 184 valence electrons. The number of aliphatic carboxylic acids is 1. The zero-order valence-corrected chi connectivity index (χ0v) is 20.3. The molecule has 7 nitrogen and oxygen atoms in total. The summed E-state index contributed by atoms with van der Waals surface area (Å²) in [6.07, 6.45) is 1.66. The Balaban J connectivity index is 1.19. The van der Waals surface area contributed by atoms with Gasteiger partial charge in [-0.3, -0.25) is 9.59 Å². The monoisotopic (exact) mass is 494 g/mol. The molecule has 2 unspecified atom stereocenters. The zero-order valence-electron chi connectivity index (χ0n) is 19.5. The van der Waals surface area contributed by atoms with E-state index in [-0.39, 0.29) is 36.7 Å². The largest absolute Gasteiger partial charge is 0.481 e. The van der Waals surface area contributed by atoms with Crippen LogP contribution in [0.3, 0.4) is 0 Å². The van der Waals surface area contributed by atoms with Crippen molar-refractivity contribution >= 4 is 29.7 Å². The summed E-state index contributed by atoms with van der Waals surface area (Å²) in [5.74, 6) is 0.393. The first-order chi connectivity index (χ1) is 17.0.